The number of nitrogens with zero attached hydrogens (tertiary/aromatic N) is 2. The standard InChI is InChI=1S/C29H36Cl2N4O3/c1-3-19(20-10-11-23(30)24(31)18-20)17-22-21(27(37)33-2)7-6-8-25(22)34-15-12-29(13-16-34,28(32)38)35-14-5-4-9-26(35)36/h6-8,10-11,18-19H,3-5,9,12-17H2,1-2H3,(H2,32,38)(H,33,37). The second-order valence-electron chi connectivity index (χ2n) is 10.3. The first-order valence-corrected chi connectivity index (χ1v) is 14.1. The molecule has 7 nitrogen and oxygen atoms in total. The molecule has 38 heavy (non-hydrogen) atoms. The summed E-state index contributed by atoms with van der Waals surface area (Å²) in [6.45, 7) is 3.80. The van der Waals surface area contributed by atoms with Gasteiger partial charge < -0.3 is 20.9 Å². The number of amides is 3. The van der Waals surface area contributed by atoms with Crippen molar-refractivity contribution in [2.45, 2.75) is 63.3 Å². The van der Waals surface area contributed by atoms with E-state index in [1.165, 1.54) is 0 Å². The first-order valence-electron chi connectivity index (χ1n) is 13.4. The Balaban J connectivity index is 1.66. The van der Waals surface area contributed by atoms with E-state index in [4.69, 9.17) is 28.9 Å². The van der Waals surface area contributed by atoms with Crippen molar-refractivity contribution in [3.05, 3.63) is 63.1 Å². The number of benzene rings is 2. The summed E-state index contributed by atoms with van der Waals surface area (Å²) < 4.78 is 0. The lowest BCUT2D eigenvalue weighted by atomic mass is 9.82. The largest absolute Gasteiger partial charge is 0.371 e. The highest BCUT2D eigenvalue weighted by atomic mass is 35.5. The van der Waals surface area contributed by atoms with E-state index in [1.54, 1.807) is 11.9 Å². The Kier molecular flexibility index (Phi) is 8.89. The van der Waals surface area contributed by atoms with E-state index in [2.05, 4.69) is 17.1 Å². The molecule has 2 aliphatic heterocycles. The third-order valence-corrected chi connectivity index (χ3v) is 8.95. The van der Waals surface area contributed by atoms with Gasteiger partial charge in [-0.05, 0) is 79.8 Å². The summed E-state index contributed by atoms with van der Waals surface area (Å²) in [6, 6.07) is 11.5. The van der Waals surface area contributed by atoms with E-state index in [9.17, 15) is 14.4 Å². The zero-order valence-corrected chi connectivity index (χ0v) is 23.6. The maximum atomic E-state index is 12.9. The highest BCUT2D eigenvalue weighted by molar-refractivity contribution is 6.42. The van der Waals surface area contributed by atoms with Crippen LogP contribution >= 0.6 is 23.2 Å². The van der Waals surface area contributed by atoms with Crippen molar-refractivity contribution in [3.8, 4) is 0 Å². The number of nitrogens with one attached hydrogen (secondary N) is 1. The van der Waals surface area contributed by atoms with Crippen molar-refractivity contribution in [1.29, 1.82) is 0 Å². The Morgan fingerprint density at radius 2 is 1.82 bits per heavy atom. The number of hydrogen-bond donors (Lipinski definition) is 2. The maximum absolute atomic E-state index is 12.9. The van der Waals surface area contributed by atoms with Crippen molar-refractivity contribution < 1.29 is 14.4 Å². The SMILES string of the molecule is CCC(Cc1c(C(=O)NC)cccc1N1CCC(C(N)=O)(N2CCCCC2=O)CC1)c1ccc(Cl)c(Cl)c1. The van der Waals surface area contributed by atoms with Crippen molar-refractivity contribution in [1.82, 2.24) is 10.2 Å². The average Bonchev–Trinajstić information content (AvgIpc) is 2.93. The number of hydrogen-bond acceptors (Lipinski definition) is 4. The van der Waals surface area contributed by atoms with Crippen LogP contribution in [0.4, 0.5) is 5.69 Å². The first-order chi connectivity index (χ1) is 18.2. The zero-order valence-electron chi connectivity index (χ0n) is 22.1. The van der Waals surface area contributed by atoms with Crippen LogP contribution in [0.3, 0.4) is 0 Å². The van der Waals surface area contributed by atoms with E-state index in [1.807, 2.05) is 36.4 Å². The molecule has 0 aromatic heterocycles. The van der Waals surface area contributed by atoms with E-state index < -0.39 is 11.4 Å². The smallest absolute Gasteiger partial charge is 0.251 e. The van der Waals surface area contributed by atoms with Gasteiger partial charge in [0.2, 0.25) is 11.8 Å². The number of carbonyl (C=O) groups is 3. The van der Waals surface area contributed by atoms with Crippen LogP contribution in [-0.2, 0) is 16.0 Å². The van der Waals surface area contributed by atoms with Gasteiger partial charge >= 0.3 is 0 Å². The Morgan fingerprint density at radius 1 is 1.08 bits per heavy atom. The first kappa shape index (κ1) is 28.2. The molecule has 2 aromatic rings. The van der Waals surface area contributed by atoms with Crippen LogP contribution < -0.4 is 16.0 Å². The summed E-state index contributed by atoms with van der Waals surface area (Å²) in [4.78, 5) is 42.4. The summed E-state index contributed by atoms with van der Waals surface area (Å²) in [6.07, 6.45) is 4.60. The van der Waals surface area contributed by atoms with Gasteiger partial charge in [-0.15, -0.1) is 0 Å². The monoisotopic (exact) mass is 558 g/mol. The van der Waals surface area contributed by atoms with Gasteiger partial charge in [-0.2, -0.15) is 0 Å². The van der Waals surface area contributed by atoms with Crippen LogP contribution in [-0.4, -0.2) is 54.8 Å². The number of piperidine rings is 2. The topological polar surface area (TPSA) is 95.7 Å². The Hall–Kier alpha value is -2.77. The van der Waals surface area contributed by atoms with E-state index >= 15 is 0 Å². The molecule has 1 unspecified atom stereocenters. The molecule has 0 radical (unpaired) electrons. The molecule has 204 valence electrons. The lowest BCUT2D eigenvalue weighted by Crippen LogP contribution is -2.64. The summed E-state index contributed by atoms with van der Waals surface area (Å²) in [5, 5.41) is 3.79. The lowest BCUT2D eigenvalue weighted by molar-refractivity contribution is -0.150. The number of rotatable bonds is 8. The number of nitrogens with two attached hydrogens (primary N) is 1. The molecule has 2 fully saturated rings. The number of halogens is 2. The second kappa shape index (κ2) is 12.0. The molecule has 4 rings (SSSR count). The fourth-order valence-electron chi connectivity index (χ4n) is 5.97. The molecule has 3 amide bonds. The molecule has 0 bridgehead atoms. The van der Waals surface area contributed by atoms with Crippen LogP contribution in [0.1, 0.15) is 72.9 Å². The third-order valence-electron chi connectivity index (χ3n) is 8.21. The predicted molar refractivity (Wildman–Crippen MR) is 152 cm³/mol. The molecule has 2 aliphatic rings. The molecular formula is C29H36Cl2N4O3. The molecule has 2 saturated heterocycles. The molecule has 9 heteroatoms. The normalized spacial score (nSPS) is 18.3. The molecule has 2 heterocycles. The number of carbonyl (C=O) groups excluding carboxylic acids is 3. The van der Waals surface area contributed by atoms with Gasteiger partial charge in [-0.1, -0.05) is 42.3 Å². The Morgan fingerprint density at radius 3 is 2.42 bits per heavy atom. The van der Waals surface area contributed by atoms with Gasteiger partial charge in [0.1, 0.15) is 5.54 Å². The number of likely N-dealkylation sites (tertiary alicyclic amines) is 1. The molecule has 2 aromatic carbocycles. The van der Waals surface area contributed by atoms with Gasteiger partial charge in [0, 0.05) is 44.4 Å². The van der Waals surface area contributed by atoms with Crippen LogP contribution in [0.15, 0.2) is 36.4 Å². The summed E-state index contributed by atoms with van der Waals surface area (Å²) in [5.41, 5.74) is 8.58. The van der Waals surface area contributed by atoms with E-state index in [0.29, 0.717) is 60.9 Å². The minimum Gasteiger partial charge on any atom is -0.371 e. The maximum Gasteiger partial charge on any atom is 0.251 e. The third kappa shape index (κ3) is 5.50. The van der Waals surface area contributed by atoms with Gasteiger partial charge in [0.25, 0.3) is 5.91 Å². The minimum absolute atomic E-state index is 0.0122. The molecule has 1 atom stereocenters. The predicted octanol–water partition coefficient (Wildman–Crippen LogP) is 4.93. The van der Waals surface area contributed by atoms with Crippen LogP contribution in [0.2, 0.25) is 10.0 Å². The van der Waals surface area contributed by atoms with E-state index in [0.717, 1.165) is 36.1 Å². The fourth-order valence-corrected chi connectivity index (χ4v) is 6.28. The van der Waals surface area contributed by atoms with Crippen LogP contribution in [0.25, 0.3) is 0 Å². The number of anilines is 1. The fraction of sp³-hybridized carbons (Fsp3) is 0.483. The zero-order chi connectivity index (χ0) is 27.4. The summed E-state index contributed by atoms with van der Waals surface area (Å²) >= 11 is 12.5. The van der Waals surface area contributed by atoms with E-state index in [-0.39, 0.29) is 17.7 Å². The van der Waals surface area contributed by atoms with Gasteiger partial charge in [0.05, 0.1) is 10.0 Å². The highest BCUT2D eigenvalue weighted by Crippen LogP contribution is 2.38. The molecular weight excluding hydrogens is 523 g/mol. The Labute approximate surface area is 234 Å². The summed E-state index contributed by atoms with van der Waals surface area (Å²) in [5.74, 6) is -0.446. The van der Waals surface area contributed by atoms with Crippen LogP contribution in [0, 0.1) is 0 Å². The molecule has 0 aliphatic carbocycles. The molecule has 0 spiro atoms. The quantitative estimate of drug-likeness (QED) is 0.480. The highest BCUT2D eigenvalue weighted by Gasteiger charge is 2.47. The Bertz CT molecular complexity index is 1210. The lowest BCUT2D eigenvalue weighted by Gasteiger charge is -2.48. The van der Waals surface area contributed by atoms with Crippen molar-refractivity contribution in [2.75, 3.05) is 31.6 Å². The van der Waals surface area contributed by atoms with Crippen LogP contribution in [0.5, 0.6) is 0 Å². The van der Waals surface area contributed by atoms with Crippen molar-refractivity contribution in [3.63, 3.8) is 0 Å². The second-order valence-corrected chi connectivity index (χ2v) is 11.1. The summed E-state index contributed by atoms with van der Waals surface area (Å²) in [7, 11) is 1.63. The molecule has 0 saturated carbocycles. The van der Waals surface area contributed by atoms with Gasteiger partial charge in [-0.25, -0.2) is 0 Å². The van der Waals surface area contributed by atoms with Crippen molar-refractivity contribution >= 4 is 46.6 Å². The van der Waals surface area contributed by atoms with Gasteiger partial charge in [-0.3, -0.25) is 14.4 Å². The molecule has 3 N–H and O–H groups in total. The average molecular weight is 560 g/mol. The minimum atomic E-state index is -0.960. The number of primary amides is 1. The van der Waals surface area contributed by atoms with Crippen molar-refractivity contribution in [2.24, 2.45) is 5.73 Å². The van der Waals surface area contributed by atoms with Gasteiger partial charge in [0.15, 0.2) is 0 Å².